The monoisotopic (exact) mass is 318 g/mol. The number of fused-ring (bicyclic) bond motifs is 1. The van der Waals surface area contributed by atoms with E-state index < -0.39 is 0 Å². The molecule has 4 heterocycles. The zero-order valence-corrected chi connectivity index (χ0v) is 13.7. The van der Waals surface area contributed by atoms with Crippen LogP contribution in [0.4, 0.5) is 0 Å². The molecule has 2 fully saturated rings. The fourth-order valence-electron chi connectivity index (χ4n) is 3.99. The van der Waals surface area contributed by atoms with Gasteiger partial charge in [0.15, 0.2) is 0 Å². The number of aromatic nitrogens is 2. The van der Waals surface area contributed by atoms with Crippen LogP contribution in [-0.4, -0.2) is 64.1 Å². The molecule has 1 amide bonds. The number of amides is 1. The van der Waals surface area contributed by atoms with Crippen molar-refractivity contribution in [3.05, 3.63) is 17.7 Å². The second kappa shape index (κ2) is 6.61. The molecule has 0 spiro atoms. The maximum Gasteiger partial charge on any atom is 0.251 e. The summed E-state index contributed by atoms with van der Waals surface area (Å²) in [5.41, 5.74) is 1.30. The maximum atomic E-state index is 12.6. The minimum absolute atomic E-state index is 0.175. The SMILES string of the molecule is O=C([C@@H]1CCCO1)N1CCc2ncc(CN3CCCC3)n2CC1. The van der Waals surface area contributed by atoms with E-state index in [1.807, 2.05) is 11.1 Å². The second-order valence-electron chi connectivity index (χ2n) is 6.88. The molecule has 0 aromatic carbocycles. The Hall–Kier alpha value is -1.40. The van der Waals surface area contributed by atoms with Crippen LogP contribution in [0.5, 0.6) is 0 Å². The van der Waals surface area contributed by atoms with Gasteiger partial charge < -0.3 is 14.2 Å². The number of ether oxygens (including phenoxy) is 1. The van der Waals surface area contributed by atoms with E-state index in [1.54, 1.807) is 0 Å². The van der Waals surface area contributed by atoms with E-state index in [0.29, 0.717) is 0 Å². The Labute approximate surface area is 137 Å². The van der Waals surface area contributed by atoms with Crippen LogP contribution in [0, 0.1) is 0 Å². The van der Waals surface area contributed by atoms with Crippen LogP contribution in [0.25, 0.3) is 0 Å². The lowest BCUT2D eigenvalue weighted by molar-refractivity contribution is -0.140. The van der Waals surface area contributed by atoms with Gasteiger partial charge in [-0.15, -0.1) is 0 Å². The molecular weight excluding hydrogens is 292 g/mol. The Balaban J connectivity index is 1.42. The summed E-state index contributed by atoms with van der Waals surface area (Å²) < 4.78 is 7.89. The molecule has 3 aliphatic rings. The largest absolute Gasteiger partial charge is 0.368 e. The lowest BCUT2D eigenvalue weighted by atomic mass is 10.2. The normalized spacial score (nSPS) is 25.6. The molecule has 6 heteroatoms. The Kier molecular flexibility index (Phi) is 4.35. The third-order valence-electron chi connectivity index (χ3n) is 5.32. The van der Waals surface area contributed by atoms with Gasteiger partial charge in [0.05, 0.1) is 5.69 Å². The highest BCUT2D eigenvalue weighted by Gasteiger charge is 2.30. The summed E-state index contributed by atoms with van der Waals surface area (Å²) in [6.45, 7) is 6.51. The summed E-state index contributed by atoms with van der Waals surface area (Å²) in [7, 11) is 0. The van der Waals surface area contributed by atoms with Gasteiger partial charge in [-0.25, -0.2) is 4.98 Å². The minimum Gasteiger partial charge on any atom is -0.368 e. The second-order valence-corrected chi connectivity index (χ2v) is 6.88. The van der Waals surface area contributed by atoms with Crippen molar-refractivity contribution >= 4 is 5.91 Å². The van der Waals surface area contributed by atoms with Gasteiger partial charge in [-0.1, -0.05) is 0 Å². The van der Waals surface area contributed by atoms with Crippen molar-refractivity contribution in [3.63, 3.8) is 0 Å². The number of hydrogen-bond acceptors (Lipinski definition) is 4. The highest BCUT2D eigenvalue weighted by atomic mass is 16.5. The van der Waals surface area contributed by atoms with Gasteiger partial charge in [0.25, 0.3) is 5.91 Å². The predicted molar refractivity (Wildman–Crippen MR) is 86.0 cm³/mol. The summed E-state index contributed by atoms with van der Waals surface area (Å²) in [4.78, 5) is 21.7. The van der Waals surface area contributed by atoms with Gasteiger partial charge in [0.2, 0.25) is 0 Å². The zero-order valence-electron chi connectivity index (χ0n) is 13.7. The van der Waals surface area contributed by atoms with Gasteiger partial charge in [0, 0.05) is 45.4 Å². The van der Waals surface area contributed by atoms with Crippen LogP contribution in [0.1, 0.15) is 37.2 Å². The molecule has 6 nitrogen and oxygen atoms in total. The van der Waals surface area contributed by atoms with Gasteiger partial charge in [-0.05, 0) is 38.8 Å². The van der Waals surface area contributed by atoms with E-state index in [4.69, 9.17) is 4.74 Å². The standard InChI is InChI=1S/C17H26N4O2/c22-17(15-4-3-11-23-15)20-8-5-16-18-12-14(21(16)10-9-20)13-19-6-1-2-7-19/h12,15H,1-11,13H2/t15-/m0/s1. The topological polar surface area (TPSA) is 50.6 Å². The molecule has 126 valence electrons. The molecule has 3 aliphatic heterocycles. The number of rotatable bonds is 3. The molecule has 0 saturated carbocycles. The molecule has 0 N–H and O–H groups in total. The van der Waals surface area contributed by atoms with Crippen molar-refractivity contribution < 1.29 is 9.53 Å². The van der Waals surface area contributed by atoms with Crippen molar-refractivity contribution in [1.29, 1.82) is 0 Å². The third-order valence-corrected chi connectivity index (χ3v) is 5.32. The molecule has 0 aliphatic carbocycles. The Morgan fingerprint density at radius 3 is 2.83 bits per heavy atom. The average molecular weight is 318 g/mol. The van der Waals surface area contributed by atoms with Gasteiger partial charge in [-0.3, -0.25) is 9.69 Å². The van der Waals surface area contributed by atoms with Crippen LogP contribution in [0.15, 0.2) is 6.20 Å². The molecule has 2 saturated heterocycles. The van der Waals surface area contributed by atoms with E-state index in [0.717, 1.165) is 57.9 Å². The van der Waals surface area contributed by atoms with E-state index in [9.17, 15) is 4.79 Å². The highest BCUT2D eigenvalue weighted by molar-refractivity contribution is 5.81. The Morgan fingerprint density at radius 2 is 2.04 bits per heavy atom. The maximum absolute atomic E-state index is 12.6. The van der Waals surface area contributed by atoms with Crippen molar-refractivity contribution in [2.75, 3.05) is 32.8 Å². The first-order chi connectivity index (χ1) is 11.3. The molecule has 1 atom stereocenters. The van der Waals surface area contributed by atoms with Crippen molar-refractivity contribution in [2.24, 2.45) is 0 Å². The van der Waals surface area contributed by atoms with E-state index in [1.165, 1.54) is 31.6 Å². The minimum atomic E-state index is -0.204. The van der Waals surface area contributed by atoms with Crippen LogP contribution in [0.2, 0.25) is 0 Å². The molecule has 0 unspecified atom stereocenters. The third kappa shape index (κ3) is 3.15. The van der Waals surface area contributed by atoms with E-state index in [2.05, 4.69) is 14.5 Å². The first kappa shape index (κ1) is 15.1. The highest BCUT2D eigenvalue weighted by Crippen LogP contribution is 2.19. The Morgan fingerprint density at radius 1 is 1.17 bits per heavy atom. The molecule has 1 aromatic heterocycles. The van der Waals surface area contributed by atoms with Crippen molar-refractivity contribution in [3.8, 4) is 0 Å². The molecule has 23 heavy (non-hydrogen) atoms. The van der Waals surface area contributed by atoms with Crippen LogP contribution >= 0.6 is 0 Å². The number of hydrogen-bond donors (Lipinski definition) is 0. The lowest BCUT2D eigenvalue weighted by Crippen LogP contribution is -2.40. The summed E-state index contributed by atoms with van der Waals surface area (Å²) in [6.07, 6.45) is 7.18. The number of likely N-dealkylation sites (tertiary alicyclic amines) is 1. The Bertz CT molecular complexity index is 559. The van der Waals surface area contributed by atoms with Crippen molar-refractivity contribution in [2.45, 2.75) is 51.3 Å². The summed E-state index contributed by atoms with van der Waals surface area (Å²) in [5.74, 6) is 1.30. The van der Waals surface area contributed by atoms with Crippen LogP contribution in [-0.2, 0) is 29.0 Å². The fraction of sp³-hybridized carbons (Fsp3) is 0.765. The first-order valence-corrected chi connectivity index (χ1v) is 8.97. The smallest absolute Gasteiger partial charge is 0.251 e. The lowest BCUT2D eigenvalue weighted by Gasteiger charge is -2.23. The zero-order chi connectivity index (χ0) is 15.6. The van der Waals surface area contributed by atoms with Crippen LogP contribution in [0.3, 0.4) is 0 Å². The quantitative estimate of drug-likeness (QED) is 0.836. The molecule has 4 rings (SSSR count). The number of carbonyl (C=O) groups is 1. The molecule has 1 aromatic rings. The molecule has 0 radical (unpaired) electrons. The van der Waals surface area contributed by atoms with Gasteiger partial charge in [0.1, 0.15) is 11.9 Å². The summed E-state index contributed by atoms with van der Waals surface area (Å²) >= 11 is 0. The average Bonchev–Trinajstić information content (AvgIpc) is 3.29. The summed E-state index contributed by atoms with van der Waals surface area (Å²) in [6, 6.07) is 0. The van der Waals surface area contributed by atoms with Gasteiger partial charge in [-0.2, -0.15) is 0 Å². The number of carbonyl (C=O) groups excluding carboxylic acids is 1. The van der Waals surface area contributed by atoms with Crippen molar-refractivity contribution in [1.82, 2.24) is 19.4 Å². The number of nitrogens with zero attached hydrogens (tertiary/aromatic N) is 4. The van der Waals surface area contributed by atoms with E-state index in [-0.39, 0.29) is 12.0 Å². The molecular formula is C17H26N4O2. The van der Waals surface area contributed by atoms with Crippen LogP contribution < -0.4 is 0 Å². The van der Waals surface area contributed by atoms with Gasteiger partial charge >= 0.3 is 0 Å². The number of imidazole rings is 1. The fourth-order valence-corrected chi connectivity index (χ4v) is 3.99. The molecule has 0 bridgehead atoms. The van der Waals surface area contributed by atoms with E-state index >= 15 is 0 Å². The first-order valence-electron chi connectivity index (χ1n) is 8.97. The predicted octanol–water partition coefficient (Wildman–Crippen LogP) is 1.04. The summed E-state index contributed by atoms with van der Waals surface area (Å²) in [5, 5.41) is 0.